The Labute approximate surface area is 160 Å². The fourth-order valence-electron chi connectivity index (χ4n) is 3.72. The molecule has 1 aliphatic carbocycles. The van der Waals surface area contributed by atoms with Crippen LogP contribution in [0.2, 0.25) is 0 Å². The Bertz CT molecular complexity index is 700. The highest BCUT2D eigenvalue weighted by atomic mass is 32.1. The predicted octanol–water partition coefficient (Wildman–Crippen LogP) is 3.72. The first kappa shape index (κ1) is 19.1. The van der Waals surface area contributed by atoms with Gasteiger partial charge in [0.05, 0.1) is 18.8 Å². The average Bonchev–Trinajstić information content (AvgIpc) is 3.15. The number of rotatable bonds is 7. The Kier molecular flexibility index (Phi) is 6.80. The second-order valence-electron chi connectivity index (χ2n) is 7.18. The van der Waals surface area contributed by atoms with Crippen LogP contribution >= 0.6 is 11.3 Å². The Morgan fingerprint density at radius 1 is 1.15 bits per heavy atom. The van der Waals surface area contributed by atoms with Crippen molar-refractivity contribution in [1.82, 2.24) is 4.98 Å². The number of benzene rings is 1. The van der Waals surface area contributed by atoms with Crippen molar-refractivity contribution < 1.29 is 9.69 Å². The minimum Gasteiger partial charge on any atom is -0.328 e. The van der Waals surface area contributed by atoms with E-state index in [-0.39, 0.29) is 5.91 Å². The van der Waals surface area contributed by atoms with Crippen LogP contribution in [0.1, 0.15) is 57.4 Å². The lowest BCUT2D eigenvalue weighted by atomic mass is 9.84. The summed E-state index contributed by atoms with van der Waals surface area (Å²) in [5.41, 5.74) is 3.52. The van der Waals surface area contributed by atoms with Gasteiger partial charge in [0, 0.05) is 10.9 Å². The Morgan fingerprint density at radius 2 is 1.85 bits per heavy atom. The molecule has 0 aliphatic heterocycles. The first-order valence-corrected chi connectivity index (χ1v) is 10.8. The zero-order chi connectivity index (χ0) is 18.4. The molecule has 0 spiro atoms. The number of hydrogen-bond donors (Lipinski definition) is 2. The molecule has 1 aliphatic rings. The summed E-state index contributed by atoms with van der Waals surface area (Å²) in [4.78, 5) is 18.0. The highest BCUT2D eigenvalue weighted by molar-refractivity contribution is 7.14. The van der Waals surface area contributed by atoms with E-state index < -0.39 is 0 Å². The van der Waals surface area contributed by atoms with Gasteiger partial charge in [-0.25, -0.2) is 4.98 Å². The van der Waals surface area contributed by atoms with E-state index in [1.807, 2.05) is 5.38 Å². The summed E-state index contributed by atoms with van der Waals surface area (Å²) in [5.74, 6) is 0.767. The van der Waals surface area contributed by atoms with Gasteiger partial charge < -0.3 is 4.90 Å². The molecule has 26 heavy (non-hydrogen) atoms. The molecule has 1 aromatic carbocycles. The number of quaternary nitrogens is 1. The van der Waals surface area contributed by atoms with E-state index in [1.54, 1.807) is 0 Å². The molecule has 1 fully saturated rings. The van der Waals surface area contributed by atoms with Crippen LogP contribution in [0.4, 0.5) is 5.13 Å². The van der Waals surface area contributed by atoms with Crippen molar-refractivity contribution in [2.24, 2.45) is 0 Å². The van der Waals surface area contributed by atoms with E-state index in [9.17, 15) is 4.79 Å². The number of anilines is 1. The van der Waals surface area contributed by atoms with Gasteiger partial charge in [-0.05, 0) is 38.2 Å². The highest BCUT2D eigenvalue weighted by Gasteiger charge is 2.16. The summed E-state index contributed by atoms with van der Waals surface area (Å²) in [6.45, 7) is 6.62. The zero-order valence-corrected chi connectivity index (χ0v) is 16.7. The molecular formula is C21H30N3OS+. The molecule has 1 saturated carbocycles. The van der Waals surface area contributed by atoms with E-state index in [0.29, 0.717) is 11.7 Å². The summed E-state index contributed by atoms with van der Waals surface area (Å²) in [5, 5.41) is 5.65. The fraction of sp³-hybridized carbons (Fsp3) is 0.524. The fourth-order valence-corrected chi connectivity index (χ4v) is 4.45. The van der Waals surface area contributed by atoms with E-state index in [0.717, 1.165) is 30.3 Å². The van der Waals surface area contributed by atoms with Gasteiger partial charge in [-0.1, -0.05) is 43.5 Å². The van der Waals surface area contributed by atoms with Crippen LogP contribution in [-0.2, 0) is 4.79 Å². The number of likely N-dealkylation sites (N-methyl/N-ethyl adjacent to an activating group) is 1. The number of hydrogen-bond acceptors (Lipinski definition) is 3. The van der Waals surface area contributed by atoms with Crippen molar-refractivity contribution in [2.45, 2.75) is 51.9 Å². The number of nitrogens with zero attached hydrogens (tertiary/aromatic N) is 1. The SMILES string of the molecule is CC[NH+](CC)CC(=O)Nc1nc(-c2ccc(C3CCCCC3)cc2)cs1. The third-order valence-corrected chi connectivity index (χ3v) is 6.20. The molecule has 1 amide bonds. The molecule has 0 radical (unpaired) electrons. The molecule has 0 atom stereocenters. The monoisotopic (exact) mass is 372 g/mol. The van der Waals surface area contributed by atoms with Gasteiger partial charge in [0.25, 0.3) is 5.91 Å². The maximum atomic E-state index is 12.1. The van der Waals surface area contributed by atoms with Gasteiger partial charge in [-0.3, -0.25) is 10.1 Å². The van der Waals surface area contributed by atoms with Gasteiger partial charge in [0.15, 0.2) is 11.7 Å². The molecule has 140 valence electrons. The third-order valence-electron chi connectivity index (χ3n) is 5.44. The highest BCUT2D eigenvalue weighted by Crippen LogP contribution is 2.34. The van der Waals surface area contributed by atoms with Gasteiger partial charge in [-0.15, -0.1) is 11.3 Å². The van der Waals surface area contributed by atoms with E-state index in [1.165, 1.54) is 53.9 Å². The van der Waals surface area contributed by atoms with Crippen LogP contribution in [0.3, 0.4) is 0 Å². The minimum atomic E-state index is 0.0391. The van der Waals surface area contributed by atoms with E-state index in [4.69, 9.17) is 0 Å². The molecule has 5 heteroatoms. The first-order valence-electron chi connectivity index (χ1n) is 9.88. The van der Waals surface area contributed by atoms with Crippen LogP contribution in [0, 0.1) is 0 Å². The van der Waals surface area contributed by atoms with Gasteiger partial charge in [-0.2, -0.15) is 0 Å². The predicted molar refractivity (Wildman–Crippen MR) is 109 cm³/mol. The van der Waals surface area contributed by atoms with Crippen molar-refractivity contribution in [2.75, 3.05) is 25.0 Å². The lowest BCUT2D eigenvalue weighted by Crippen LogP contribution is -3.12. The molecule has 2 N–H and O–H groups in total. The lowest BCUT2D eigenvalue weighted by Gasteiger charge is -2.22. The maximum absolute atomic E-state index is 12.1. The number of thiazole rings is 1. The summed E-state index contributed by atoms with van der Waals surface area (Å²) in [7, 11) is 0. The number of carbonyl (C=O) groups excluding carboxylic acids is 1. The van der Waals surface area contributed by atoms with Crippen molar-refractivity contribution in [3.63, 3.8) is 0 Å². The number of nitrogens with one attached hydrogen (secondary N) is 2. The molecule has 4 nitrogen and oxygen atoms in total. The smallest absolute Gasteiger partial charge is 0.281 e. The second-order valence-corrected chi connectivity index (χ2v) is 8.04. The Hall–Kier alpha value is -1.72. The molecule has 1 aromatic heterocycles. The quantitative estimate of drug-likeness (QED) is 0.778. The van der Waals surface area contributed by atoms with Crippen molar-refractivity contribution in [3.8, 4) is 11.3 Å². The van der Waals surface area contributed by atoms with Crippen molar-refractivity contribution in [1.29, 1.82) is 0 Å². The maximum Gasteiger partial charge on any atom is 0.281 e. The molecular weight excluding hydrogens is 342 g/mol. The van der Waals surface area contributed by atoms with Crippen LogP contribution in [0.25, 0.3) is 11.3 Å². The van der Waals surface area contributed by atoms with Crippen LogP contribution in [0.5, 0.6) is 0 Å². The lowest BCUT2D eigenvalue weighted by molar-refractivity contribution is -0.888. The summed E-state index contributed by atoms with van der Waals surface area (Å²) in [6.07, 6.45) is 6.74. The summed E-state index contributed by atoms with van der Waals surface area (Å²) < 4.78 is 0. The largest absolute Gasteiger partial charge is 0.328 e. The molecule has 3 rings (SSSR count). The van der Waals surface area contributed by atoms with Gasteiger partial charge in [0.2, 0.25) is 0 Å². The number of carbonyl (C=O) groups is 1. The topological polar surface area (TPSA) is 46.4 Å². The summed E-state index contributed by atoms with van der Waals surface area (Å²) >= 11 is 1.49. The number of amides is 1. The molecule has 0 bridgehead atoms. The molecule has 2 aromatic rings. The normalized spacial score (nSPS) is 15.3. The van der Waals surface area contributed by atoms with Gasteiger partial charge >= 0.3 is 0 Å². The van der Waals surface area contributed by atoms with Gasteiger partial charge in [0.1, 0.15) is 0 Å². The molecule has 0 unspecified atom stereocenters. The molecule has 0 saturated heterocycles. The second kappa shape index (κ2) is 9.28. The minimum absolute atomic E-state index is 0.0391. The number of aromatic nitrogens is 1. The van der Waals surface area contributed by atoms with Crippen LogP contribution in [0.15, 0.2) is 29.6 Å². The standard InChI is InChI=1S/C21H29N3OS/c1-3-24(4-2)14-20(25)23-21-22-19(15-26-21)18-12-10-17(11-13-18)16-8-6-5-7-9-16/h10-13,15-16H,3-9,14H2,1-2H3,(H,22,23,25)/p+1. The van der Waals surface area contributed by atoms with Crippen LogP contribution < -0.4 is 10.2 Å². The van der Waals surface area contributed by atoms with Crippen LogP contribution in [-0.4, -0.2) is 30.5 Å². The van der Waals surface area contributed by atoms with Crippen molar-refractivity contribution in [3.05, 3.63) is 35.2 Å². The van der Waals surface area contributed by atoms with Crippen molar-refractivity contribution >= 4 is 22.4 Å². The van der Waals surface area contributed by atoms with E-state index in [2.05, 4.69) is 48.4 Å². The zero-order valence-electron chi connectivity index (χ0n) is 15.9. The van der Waals surface area contributed by atoms with E-state index >= 15 is 0 Å². The molecule has 1 heterocycles. The third kappa shape index (κ3) is 4.92. The Balaban J connectivity index is 1.61. The summed E-state index contributed by atoms with van der Waals surface area (Å²) in [6, 6.07) is 8.86. The Morgan fingerprint density at radius 3 is 2.50 bits per heavy atom. The average molecular weight is 373 g/mol. The first-order chi connectivity index (χ1) is 12.7.